The monoisotopic (exact) mass is 516 g/mol. The van der Waals surface area contributed by atoms with Gasteiger partial charge in [-0.05, 0) is 45.8 Å². The van der Waals surface area contributed by atoms with E-state index in [1.807, 2.05) is 71.9 Å². The molecular weight excluding hydrogens is 434 g/mol. The molecule has 1 aromatic rings. The van der Waals surface area contributed by atoms with Crippen molar-refractivity contribution < 1.29 is 0 Å². The Balaban J connectivity index is -0.0000000420. The van der Waals surface area contributed by atoms with Gasteiger partial charge in [0.1, 0.15) is 0 Å². The normalized spacial score (nSPS) is 8.03. The van der Waals surface area contributed by atoms with Gasteiger partial charge in [0, 0.05) is 0 Å². The molecule has 1 nitrogen and oxygen atoms in total. The molecule has 1 aromatic carbocycles. The van der Waals surface area contributed by atoms with Gasteiger partial charge in [-0.25, -0.2) is 0 Å². The minimum atomic E-state index is 0.833. The van der Waals surface area contributed by atoms with Crippen LogP contribution in [0.3, 0.4) is 0 Å². The number of nitrogens with zero attached hydrogens (tertiary/aromatic N) is 1. The highest BCUT2D eigenvalue weighted by Gasteiger charge is 1.80. The van der Waals surface area contributed by atoms with Gasteiger partial charge < -0.3 is 4.90 Å². The molecule has 1 heteroatoms. The standard InChI is InChI=1S/C7H8.2C5H12.2C4H10.C3H9N.C3H8.2C2H6/c1-7-5-3-2-4-6-7;2*1-4-5(2)3;1-4(2)3;1-3-4-2;1-4(2)3;1-3-2;2*1-2/h2-6H,1H3;2*5H,4H2,1-3H3;4H,1-3H3;3-4H2,1-2H3;1-3H3;3H2,1-2H3;2*1-2H3. The second-order valence-electron chi connectivity index (χ2n) is 10.0. The van der Waals surface area contributed by atoms with Gasteiger partial charge in [0.2, 0.25) is 0 Å². The van der Waals surface area contributed by atoms with Crippen LogP contribution in [0.15, 0.2) is 30.3 Å². The van der Waals surface area contributed by atoms with Gasteiger partial charge in [-0.1, -0.05) is 186 Å². The molecule has 0 heterocycles. The third-order valence-electron chi connectivity index (χ3n) is 3.07. The number of hydrogen-bond donors (Lipinski definition) is 0. The summed E-state index contributed by atoms with van der Waals surface area (Å²) in [5, 5.41) is 0. The first-order valence-electron chi connectivity index (χ1n) is 15.4. The SMILES string of the molecule is CC.CC.CC(C)C.CCC.CCC(C)C.CCC(C)C.CCCC.CN(C)C.Cc1ccccc1. The van der Waals surface area contributed by atoms with Crippen LogP contribution in [-0.4, -0.2) is 26.0 Å². The molecule has 0 amide bonds. The average molecular weight is 516 g/mol. The summed E-state index contributed by atoms with van der Waals surface area (Å²) >= 11 is 0. The summed E-state index contributed by atoms with van der Waals surface area (Å²) in [5.41, 5.74) is 1.32. The van der Waals surface area contributed by atoms with Gasteiger partial charge in [0.15, 0.2) is 0 Å². The highest BCUT2D eigenvalue weighted by Crippen LogP contribution is 1.94. The van der Waals surface area contributed by atoms with Crippen LogP contribution >= 0.6 is 0 Å². The number of unbranched alkanes of at least 4 members (excludes halogenated alkanes) is 1. The molecule has 0 fully saturated rings. The Bertz CT molecular complexity index is 317. The third kappa shape index (κ3) is 232. The van der Waals surface area contributed by atoms with Crippen molar-refractivity contribution in [1.82, 2.24) is 4.90 Å². The van der Waals surface area contributed by atoms with Crippen molar-refractivity contribution in [3.63, 3.8) is 0 Å². The van der Waals surface area contributed by atoms with Crippen LogP contribution in [0.2, 0.25) is 0 Å². The van der Waals surface area contributed by atoms with E-state index in [0.29, 0.717) is 0 Å². The van der Waals surface area contributed by atoms with Gasteiger partial charge in [-0.3, -0.25) is 0 Å². The Morgan fingerprint density at radius 3 is 0.778 bits per heavy atom. The largest absolute Gasteiger partial charge is 0.312 e. The van der Waals surface area contributed by atoms with Crippen LogP contribution in [0.4, 0.5) is 0 Å². The Labute approximate surface area is 236 Å². The van der Waals surface area contributed by atoms with Crippen LogP contribution in [0.25, 0.3) is 0 Å². The first-order valence-corrected chi connectivity index (χ1v) is 15.4. The van der Waals surface area contributed by atoms with Crippen molar-refractivity contribution in [3.05, 3.63) is 35.9 Å². The van der Waals surface area contributed by atoms with Crippen LogP contribution in [0, 0.1) is 24.7 Å². The Morgan fingerprint density at radius 2 is 0.722 bits per heavy atom. The molecule has 0 saturated heterocycles. The first-order chi connectivity index (χ1) is 16.7. The molecule has 0 aliphatic carbocycles. The van der Waals surface area contributed by atoms with Crippen LogP contribution in [0.1, 0.15) is 155 Å². The van der Waals surface area contributed by atoms with Crippen molar-refractivity contribution in [2.24, 2.45) is 17.8 Å². The topological polar surface area (TPSA) is 3.24 Å². The summed E-state index contributed by atoms with van der Waals surface area (Å²) in [7, 11) is 6.00. The molecule has 0 bridgehead atoms. The lowest BCUT2D eigenvalue weighted by molar-refractivity contribution is 0.505. The molecule has 0 aliphatic rings. The number of rotatable bonds is 3. The molecule has 0 spiro atoms. The predicted molar refractivity (Wildman–Crippen MR) is 181 cm³/mol. The Morgan fingerprint density at radius 1 is 0.556 bits per heavy atom. The van der Waals surface area contributed by atoms with Crippen LogP contribution < -0.4 is 0 Å². The van der Waals surface area contributed by atoms with Gasteiger partial charge in [0.25, 0.3) is 0 Å². The highest BCUT2D eigenvalue weighted by molar-refractivity contribution is 5.11. The van der Waals surface area contributed by atoms with E-state index in [4.69, 9.17) is 0 Å². The predicted octanol–water partition coefficient (Wildman–Crippen LogP) is 13.2. The molecule has 0 unspecified atom stereocenters. The lowest BCUT2D eigenvalue weighted by atomic mass is 10.2. The number of benzene rings is 1. The van der Waals surface area contributed by atoms with Gasteiger partial charge >= 0.3 is 0 Å². The molecule has 0 atom stereocenters. The summed E-state index contributed by atoms with van der Waals surface area (Å²) in [6.07, 6.45) is 6.50. The molecule has 1 rings (SSSR count). The van der Waals surface area contributed by atoms with Crippen molar-refractivity contribution in [2.45, 2.75) is 157 Å². The summed E-state index contributed by atoms with van der Waals surface area (Å²) in [4.78, 5) is 2.00. The van der Waals surface area contributed by atoms with E-state index in [2.05, 4.69) is 109 Å². The number of aryl methyl sites for hydroxylation is 1. The van der Waals surface area contributed by atoms with Gasteiger partial charge in [-0.2, -0.15) is 0 Å². The zero-order chi connectivity index (χ0) is 31.0. The first kappa shape index (κ1) is 55.6. The molecule has 0 saturated carbocycles. The molecule has 226 valence electrons. The quantitative estimate of drug-likeness (QED) is 0.387. The van der Waals surface area contributed by atoms with Gasteiger partial charge in [0.05, 0.1) is 0 Å². The second-order valence-corrected chi connectivity index (χ2v) is 10.0. The van der Waals surface area contributed by atoms with E-state index < -0.39 is 0 Å². The zero-order valence-corrected chi connectivity index (χ0v) is 30.1. The lowest BCUT2D eigenvalue weighted by Gasteiger charge is -1.90. The van der Waals surface area contributed by atoms with Gasteiger partial charge in [-0.15, -0.1) is 0 Å². The smallest absolute Gasteiger partial charge is 0.0140 e. The molecule has 0 aromatic heterocycles. The fourth-order valence-corrected chi connectivity index (χ4v) is 0.534. The fourth-order valence-electron chi connectivity index (χ4n) is 0.534. The fraction of sp³-hybridized carbons (Fsp3) is 0.829. The summed E-state index contributed by atoms with van der Waals surface area (Å²) in [6.45, 7) is 38.5. The minimum absolute atomic E-state index is 0.833. The maximum absolute atomic E-state index is 2.22. The van der Waals surface area contributed by atoms with Crippen molar-refractivity contribution >= 4 is 0 Å². The van der Waals surface area contributed by atoms with Crippen molar-refractivity contribution in [2.75, 3.05) is 21.1 Å². The maximum atomic E-state index is 2.22. The Hall–Kier alpha value is -0.820. The molecule has 36 heavy (non-hydrogen) atoms. The van der Waals surface area contributed by atoms with E-state index in [-0.39, 0.29) is 0 Å². The Kier molecular flexibility index (Phi) is 99.5. The van der Waals surface area contributed by atoms with Crippen LogP contribution in [0.5, 0.6) is 0 Å². The summed E-state index contributed by atoms with van der Waals surface area (Å²) in [6, 6.07) is 10.3. The molecule has 0 N–H and O–H groups in total. The third-order valence-corrected chi connectivity index (χ3v) is 3.07. The molecule has 0 aliphatic heterocycles. The molecular formula is C35H81N. The van der Waals surface area contributed by atoms with E-state index in [9.17, 15) is 0 Å². The van der Waals surface area contributed by atoms with E-state index in [1.54, 1.807) is 0 Å². The van der Waals surface area contributed by atoms with Crippen LogP contribution in [-0.2, 0) is 0 Å². The molecule has 0 radical (unpaired) electrons. The summed E-state index contributed by atoms with van der Waals surface area (Å²) in [5.74, 6) is 2.60. The minimum Gasteiger partial charge on any atom is -0.312 e. The van der Waals surface area contributed by atoms with E-state index in [1.165, 1.54) is 37.7 Å². The lowest BCUT2D eigenvalue weighted by Crippen LogP contribution is -1.99. The van der Waals surface area contributed by atoms with Crippen molar-refractivity contribution in [1.29, 1.82) is 0 Å². The van der Waals surface area contributed by atoms with E-state index >= 15 is 0 Å². The van der Waals surface area contributed by atoms with E-state index in [0.717, 1.165) is 17.8 Å². The zero-order valence-electron chi connectivity index (χ0n) is 30.1. The maximum Gasteiger partial charge on any atom is -0.0140 e. The number of hydrogen-bond acceptors (Lipinski definition) is 1. The second kappa shape index (κ2) is 64.4. The van der Waals surface area contributed by atoms with Crippen molar-refractivity contribution in [3.8, 4) is 0 Å². The average Bonchev–Trinajstić information content (AvgIpc) is 2.83. The summed E-state index contributed by atoms with van der Waals surface area (Å²) < 4.78 is 0. The highest BCUT2D eigenvalue weighted by atomic mass is 15.0.